The van der Waals surface area contributed by atoms with Crippen molar-refractivity contribution in [1.29, 1.82) is 5.26 Å². The minimum Gasteiger partial charge on any atom is -0.381 e. The van der Waals surface area contributed by atoms with Crippen LogP contribution in [0.15, 0.2) is 28.3 Å². The summed E-state index contributed by atoms with van der Waals surface area (Å²) in [5, 5.41) is 8.55. The molecule has 0 aliphatic heterocycles. The SMILES string of the molecule is N#Cc1nc(Sc2cccnc2C(F)(F)F)c(N)nc1Cl. The first kappa shape index (κ1) is 15.3. The third kappa shape index (κ3) is 3.34. The lowest BCUT2D eigenvalue weighted by molar-refractivity contribution is -0.143. The molecule has 21 heavy (non-hydrogen) atoms. The van der Waals surface area contributed by atoms with E-state index in [0.717, 1.165) is 6.20 Å². The largest absolute Gasteiger partial charge is 0.434 e. The van der Waals surface area contributed by atoms with Crippen LogP contribution in [0.5, 0.6) is 0 Å². The Kier molecular flexibility index (Phi) is 4.20. The summed E-state index contributed by atoms with van der Waals surface area (Å²) < 4.78 is 38.5. The molecule has 0 fully saturated rings. The van der Waals surface area contributed by atoms with Crippen molar-refractivity contribution in [3.63, 3.8) is 0 Å². The molecule has 2 heterocycles. The number of nitriles is 1. The van der Waals surface area contributed by atoms with Crippen molar-refractivity contribution in [2.45, 2.75) is 16.1 Å². The number of hydrogen-bond acceptors (Lipinski definition) is 6. The van der Waals surface area contributed by atoms with E-state index in [1.165, 1.54) is 12.1 Å². The van der Waals surface area contributed by atoms with Gasteiger partial charge >= 0.3 is 6.18 Å². The van der Waals surface area contributed by atoms with Crippen LogP contribution in [-0.4, -0.2) is 15.0 Å². The molecule has 2 aromatic heterocycles. The summed E-state index contributed by atoms with van der Waals surface area (Å²) in [6.07, 6.45) is -3.58. The molecule has 0 saturated heterocycles. The van der Waals surface area contributed by atoms with E-state index < -0.39 is 11.9 Å². The lowest BCUT2D eigenvalue weighted by Gasteiger charge is -2.11. The van der Waals surface area contributed by atoms with Gasteiger partial charge < -0.3 is 5.73 Å². The van der Waals surface area contributed by atoms with E-state index in [1.807, 2.05) is 0 Å². The van der Waals surface area contributed by atoms with Gasteiger partial charge in [-0.05, 0) is 12.1 Å². The average molecular weight is 332 g/mol. The molecule has 2 N–H and O–H groups in total. The van der Waals surface area contributed by atoms with E-state index in [1.54, 1.807) is 6.07 Å². The van der Waals surface area contributed by atoms with Gasteiger partial charge in [0.1, 0.15) is 11.1 Å². The molecule has 0 atom stereocenters. The maximum Gasteiger partial charge on any atom is 0.434 e. The van der Waals surface area contributed by atoms with E-state index >= 15 is 0 Å². The summed E-state index contributed by atoms with van der Waals surface area (Å²) >= 11 is 6.25. The summed E-state index contributed by atoms with van der Waals surface area (Å²) in [5.74, 6) is -0.166. The number of hydrogen-bond donors (Lipinski definition) is 1. The van der Waals surface area contributed by atoms with Crippen LogP contribution < -0.4 is 5.73 Å². The molecule has 108 valence electrons. The van der Waals surface area contributed by atoms with Crippen molar-refractivity contribution in [1.82, 2.24) is 15.0 Å². The van der Waals surface area contributed by atoms with Gasteiger partial charge in [-0.2, -0.15) is 18.4 Å². The zero-order valence-corrected chi connectivity index (χ0v) is 11.6. The Morgan fingerprint density at radius 2 is 2.05 bits per heavy atom. The number of halogens is 4. The smallest absolute Gasteiger partial charge is 0.381 e. The molecule has 0 radical (unpaired) electrons. The average Bonchev–Trinajstić information content (AvgIpc) is 2.41. The molecule has 0 spiro atoms. The third-order valence-electron chi connectivity index (χ3n) is 2.20. The van der Waals surface area contributed by atoms with Crippen molar-refractivity contribution in [3.05, 3.63) is 34.9 Å². The highest BCUT2D eigenvalue weighted by Crippen LogP contribution is 2.39. The summed E-state index contributed by atoms with van der Waals surface area (Å²) in [5.41, 5.74) is 4.28. The van der Waals surface area contributed by atoms with E-state index in [-0.39, 0.29) is 26.6 Å². The number of rotatable bonds is 2. The van der Waals surface area contributed by atoms with Crippen LogP contribution in [0.2, 0.25) is 5.15 Å². The van der Waals surface area contributed by atoms with Gasteiger partial charge in [0.15, 0.2) is 22.4 Å². The van der Waals surface area contributed by atoms with Gasteiger partial charge in [0, 0.05) is 11.1 Å². The number of aromatic nitrogens is 3. The maximum atomic E-state index is 12.8. The lowest BCUT2D eigenvalue weighted by Crippen LogP contribution is -2.09. The van der Waals surface area contributed by atoms with Crippen LogP contribution >= 0.6 is 23.4 Å². The fourth-order valence-corrected chi connectivity index (χ4v) is 2.43. The second-order valence-electron chi connectivity index (χ2n) is 3.62. The summed E-state index contributed by atoms with van der Waals surface area (Å²) in [6.45, 7) is 0. The van der Waals surface area contributed by atoms with Crippen LogP contribution in [0.3, 0.4) is 0 Å². The Morgan fingerprint density at radius 3 is 2.67 bits per heavy atom. The van der Waals surface area contributed by atoms with Crippen molar-refractivity contribution < 1.29 is 13.2 Å². The van der Waals surface area contributed by atoms with Crippen LogP contribution in [0.1, 0.15) is 11.4 Å². The molecule has 2 aromatic rings. The van der Waals surface area contributed by atoms with Crippen molar-refractivity contribution in [2.24, 2.45) is 0 Å². The van der Waals surface area contributed by atoms with Gasteiger partial charge in [-0.3, -0.25) is 4.98 Å². The first-order chi connectivity index (χ1) is 9.82. The number of pyridine rings is 1. The lowest BCUT2D eigenvalue weighted by atomic mass is 10.3. The number of anilines is 1. The normalized spacial score (nSPS) is 11.2. The fraction of sp³-hybridized carbons (Fsp3) is 0.0909. The van der Waals surface area contributed by atoms with Crippen molar-refractivity contribution >= 4 is 29.2 Å². The Balaban J connectivity index is 2.47. The van der Waals surface area contributed by atoms with Crippen molar-refractivity contribution in [3.8, 4) is 6.07 Å². The van der Waals surface area contributed by atoms with Crippen LogP contribution in [0.25, 0.3) is 0 Å². The molecule has 0 aliphatic carbocycles. The second kappa shape index (κ2) is 5.75. The molecule has 0 bridgehead atoms. The summed E-state index contributed by atoms with van der Waals surface area (Å²) in [7, 11) is 0. The maximum absolute atomic E-state index is 12.8. The van der Waals surface area contributed by atoms with Gasteiger partial charge in [0.2, 0.25) is 0 Å². The predicted molar refractivity (Wildman–Crippen MR) is 69.5 cm³/mol. The summed E-state index contributed by atoms with van der Waals surface area (Å²) in [6, 6.07) is 4.26. The van der Waals surface area contributed by atoms with Crippen LogP contribution in [0, 0.1) is 11.3 Å². The van der Waals surface area contributed by atoms with Gasteiger partial charge in [-0.25, -0.2) is 9.97 Å². The highest BCUT2D eigenvalue weighted by atomic mass is 35.5. The topological polar surface area (TPSA) is 88.5 Å². The van der Waals surface area contributed by atoms with Gasteiger partial charge in [-0.15, -0.1) is 0 Å². The first-order valence-corrected chi connectivity index (χ1v) is 6.45. The molecule has 0 unspecified atom stereocenters. The standard InChI is InChI=1S/C11H5ClF3N5S/c12-8-5(4-16)19-10(9(17)20-8)21-6-2-1-3-18-7(6)11(13,14)15/h1-3H,(H2,17,20). The number of nitrogen functional groups attached to an aromatic ring is 1. The van der Waals surface area contributed by atoms with Gasteiger partial charge in [0.25, 0.3) is 0 Å². The predicted octanol–water partition coefficient (Wildman–Crippen LogP) is 3.15. The fourth-order valence-electron chi connectivity index (χ4n) is 1.35. The Hall–Kier alpha value is -2.05. The third-order valence-corrected chi connectivity index (χ3v) is 3.50. The molecular formula is C11H5ClF3N5S. The van der Waals surface area contributed by atoms with E-state index in [9.17, 15) is 13.2 Å². The zero-order chi connectivity index (χ0) is 15.6. The quantitative estimate of drug-likeness (QED) is 0.909. The molecule has 2 rings (SSSR count). The zero-order valence-electron chi connectivity index (χ0n) is 10.0. The van der Waals surface area contributed by atoms with Crippen LogP contribution in [-0.2, 0) is 6.18 Å². The second-order valence-corrected chi connectivity index (χ2v) is 5.00. The number of nitrogens with two attached hydrogens (primary N) is 1. The van der Waals surface area contributed by atoms with Gasteiger partial charge in [0.05, 0.1) is 0 Å². The highest BCUT2D eigenvalue weighted by Gasteiger charge is 2.35. The molecule has 5 nitrogen and oxygen atoms in total. The Morgan fingerprint density at radius 1 is 1.33 bits per heavy atom. The molecule has 10 heteroatoms. The molecule has 0 aromatic carbocycles. The van der Waals surface area contributed by atoms with E-state index in [2.05, 4.69) is 15.0 Å². The highest BCUT2D eigenvalue weighted by molar-refractivity contribution is 7.99. The first-order valence-electron chi connectivity index (χ1n) is 5.26. The molecule has 0 aliphatic rings. The molecule has 0 amide bonds. The minimum absolute atomic E-state index is 0.0468. The van der Waals surface area contributed by atoms with E-state index in [0.29, 0.717) is 11.8 Å². The minimum atomic E-state index is -4.61. The summed E-state index contributed by atoms with van der Waals surface area (Å²) in [4.78, 5) is 10.6. The Bertz CT molecular complexity index is 729. The molecular weight excluding hydrogens is 327 g/mol. The Labute approximate surface area is 126 Å². The van der Waals surface area contributed by atoms with Gasteiger partial charge in [-0.1, -0.05) is 23.4 Å². The number of nitrogens with zero attached hydrogens (tertiary/aromatic N) is 4. The number of alkyl halides is 3. The van der Waals surface area contributed by atoms with Crippen LogP contribution in [0.4, 0.5) is 19.0 Å². The van der Waals surface area contributed by atoms with Crippen molar-refractivity contribution in [2.75, 3.05) is 5.73 Å². The van der Waals surface area contributed by atoms with E-state index in [4.69, 9.17) is 22.6 Å². The monoisotopic (exact) mass is 331 g/mol. The molecule has 0 saturated carbocycles.